The van der Waals surface area contributed by atoms with Crippen LogP contribution in [0.5, 0.6) is 11.5 Å². The summed E-state index contributed by atoms with van der Waals surface area (Å²) in [5, 5.41) is 0. The zero-order chi connectivity index (χ0) is 17.2. The van der Waals surface area contributed by atoms with E-state index in [2.05, 4.69) is 27.5 Å². The van der Waals surface area contributed by atoms with Crippen molar-refractivity contribution >= 4 is 15.9 Å². The third-order valence-corrected chi connectivity index (χ3v) is 4.47. The van der Waals surface area contributed by atoms with Crippen LogP contribution in [-0.4, -0.2) is 17.7 Å². The Morgan fingerprint density at radius 2 is 2.08 bits per heavy atom. The predicted molar refractivity (Wildman–Crippen MR) is 92.8 cm³/mol. The zero-order valence-corrected chi connectivity index (χ0v) is 15.1. The van der Waals surface area contributed by atoms with E-state index in [1.165, 1.54) is 0 Å². The van der Waals surface area contributed by atoms with Crippen LogP contribution >= 0.6 is 15.9 Å². The lowest BCUT2D eigenvalue weighted by Crippen LogP contribution is -2.46. The predicted octanol–water partition coefficient (Wildman–Crippen LogP) is 4.38. The molecule has 1 aromatic carbocycles. The van der Waals surface area contributed by atoms with Gasteiger partial charge in [0.15, 0.2) is 23.2 Å². The van der Waals surface area contributed by atoms with E-state index in [4.69, 9.17) is 19.2 Å². The van der Waals surface area contributed by atoms with Gasteiger partial charge in [-0.3, -0.25) is 4.98 Å². The van der Waals surface area contributed by atoms with E-state index in [0.29, 0.717) is 28.3 Å². The van der Waals surface area contributed by atoms with Gasteiger partial charge in [-0.2, -0.15) is 0 Å². The van der Waals surface area contributed by atoms with Crippen molar-refractivity contribution in [1.82, 2.24) is 4.98 Å². The van der Waals surface area contributed by atoms with Crippen molar-refractivity contribution in [2.24, 2.45) is 0 Å². The van der Waals surface area contributed by atoms with Crippen molar-refractivity contribution in [3.8, 4) is 11.5 Å². The quantitative estimate of drug-likeness (QED) is 0.540. The molecule has 1 aromatic heterocycles. The fourth-order valence-electron chi connectivity index (χ4n) is 2.42. The Morgan fingerprint density at radius 1 is 1.33 bits per heavy atom. The van der Waals surface area contributed by atoms with Gasteiger partial charge in [0.2, 0.25) is 0 Å². The highest BCUT2D eigenvalue weighted by Gasteiger charge is 2.49. The molecule has 2 unspecified atom stereocenters. The van der Waals surface area contributed by atoms with Crippen LogP contribution in [0.3, 0.4) is 0 Å². The van der Waals surface area contributed by atoms with E-state index in [9.17, 15) is 0 Å². The Kier molecular flexibility index (Phi) is 4.89. The molecule has 0 bridgehead atoms. The summed E-state index contributed by atoms with van der Waals surface area (Å²) in [6.07, 6.45) is 2.95. The van der Waals surface area contributed by atoms with Crippen molar-refractivity contribution in [1.29, 1.82) is 0 Å². The molecule has 0 aliphatic carbocycles. The van der Waals surface area contributed by atoms with E-state index in [1.807, 2.05) is 37.3 Å². The summed E-state index contributed by atoms with van der Waals surface area (Å²) >= 11 is 3.47. The van der Waals surface area contributed by atoms with Crippen molar-refractivity contribution in [2.75, 3.05) is 7.11 Å². The summed E-state index contributed by atoms with van der Waals surface area (Å²) < 4.78 is 12.2. The fraction of sp³-hybridized carbons (Fsp3) is 0.278. The van der Waals surface area contributed by atoms with E-state index in [0.717, 1.165) is 5.56 Å². The molecule has 1 aliphatic rings. The van der Waals surface area contributed by atoms with Crippen molar-refractivity contribution in [3.63, 3.8) is 0 Å². The second-order valence-corrected chi connectivity index (χ2v) is 6.43. The molecule has 2 heterocycles. The van der Waals surface area contributed by atoms with Gasteiger partial charge in [0.25, 0.3) is 0 Å². The Labute approximate surface area is 149 Å². The van der Waals surface area contributed by atoms with Crippen LogP contribution in [0.2, 0.25) is 0 Å². The summed E-state index contributed by atoms with van der Waals surface area (Å²) in [5.41, 5.74) is 1.02. The van der Waals surface area contributed by atoms with Gasteiger partial charge in [0.1, 0.15) is 12.3 Å². The maximum Gasteiger partial charge on any atom is 0.186 e. The highest BCUT2D eigenvalue weighted by molar-refractivity contribution is 9.10. The SMILES string of the molecule is C=CC1(C)OOC1c1ncc(Br)c(OCc2ccccc2)c1OC. The first-order valence-electron chi connectivity index (χ1n) is 7.46. The van der Waals surface area contributed by atoms with Gasteiger partial charge in [-0.1, -0.05) is 36.4 Å². The van der Waals surface area contributed by atoms with Gasteiger partial charge in [0.05, 0.1) is 11.6 Å². The van der Waals surface area contributed by atoms with Crippen LogP contribution in [0.15, 0.2) is 53.7 Å². The molecule has 24 heavy (non-hydrogen) atoms. The number of rotatable bonds is 6. The molecular weight excluding hydrogens is 374 g/mol. The number of benzene rings is 1. The maximum atomic E-state index is 5.97. The number of aromatic nitrogens is 1. The number of pyridine rings is 1. The van der Waals surface area contributed by atoms with E-state index in [1.54, 1.807) is 19.4 Å². The minimum Gasteiger partial charge on any atom is -0.491 e. The molecule has 0 amide bonds. The lowest BCUT2D eigenvalue weighted by molar-refractivity contribution is -0.497. The van der Waals surface area contributed by atoms with Gasteiger partial charge >= 0.3 is 0 Å². The smallest absolute Gasteiger partial charge is 0.186 e. The standard InChI is InChI=1S/C18H18BrNO4/c1-4-18(2)17(23-24-18)14-16(21-3)15(13(19)10-20-14)22-11-12-8-6-5-7-9-12/h4-10,17H,1,11H2,2-3H3. The van der Waals surface area contributed by atoms with Crippen molar-refractivity contribution in [3.05, 3.63) is 64.9 Å². The monoisotopic (exact) mass is 391 g/mol. The minimum absolute atomic E-state index is 0.405. The molecule has 126 valence electrons. The molecule has 1 fully saturated rings. The number of nitrogens with zero attached hydrogens (tertiary/aromatic N) is 1. The summed E-state index contributed by atoms with van der Waals surface area (Å²) in [4.78, 5) is 14.8. The fourth-order valence-corrected chi connectivity index (χ4v) is 2.82. The maximum absolute atomic E-state index is 5.97. The largest absolute Gasteiger partial charge is 0.491 e. The molecule has 0 N–H and O–H groups in total. The number of ether oxygens (including phenoxy) is 2. The first-order chi connectivity index (χ1) is 11.6. The van der Waals surface area contributed by atoms with Crippen LogP contribution in [0.25, 0.3) is 0 Å². The minimum atomic E-state index is -0.648. The molecule has 0 spiro atoms. The number of methoxy groups -OCH3 is 1. The topological polar surface area (TPSA) is 49.8 Å². The summed E-state index contributed by atoms with van der Waals surface area (Å²) in [5.74, 6) is 1.09. The average Bonchev–Trinajstić information content (AvgIpc) is 2.61. The Morgan fingerprint density at radius 3 is 2.67 bits per heavy atom. The Balaban J connectivity index is 1.91. The van der Waals surface area contributed by atoms with Gasteiger partial charge in [0, 0.05) is 6.20 Å². The first kappa shape index (κ1) is 17.0. The highest BCUT2D eigenvalue weighted by atomic mass is 79.9. The number of hydrogen-bond acceptors (Lipinski definition) is 5. The van der Waals surface area contributed by atoms with Gasteiger partial charge < -0.3 is 9.47 Å². The first-order valence-corrected chi connectivity index (χ1v) is 8.25. The van der Waals surface area contributed by atoms with Gasteiger partial charge in [-0.15, -0.1) is 6.58 Å². The second-order valence-electron chi connectivity index (χ2n) is 5.58. The lowest BCUT2D eigenvalue weighted by atomic mass is 9.94. The van der Waals surface area contributed by atoms with E-state index >= 15 is 0 Å². The lowest BCUT2D eigenvalue weighted by Gasteiger charge is -2.42. The van der Waals surface area contributed by atoms with Crippen LogP contribution in [-0.2, 0) is 16.4 Å². The van der Waals surface area contributed by atoms with Crippen LogP contribution in [0.1, 0.15) is 24.3 Å². The van der Waals surface area contributed by atoms with Crippen LogP contribution in [0.4, 0.5) is 0 Å². The molecule has 5 nitrogen and oxygen atoms in total. The third-order valence-electron chi connectivity index (χ3n) is 3.90. The van der Waals surface area contributed by atoms with Gasteiger partial charge in [-0.05, 0) is 28.4 Å². The molecule has 1 aliphatic heterocycles. The zero-order valence-electron chi connectivity index (χ0n) is 13.5. The van der Waals surface area contributed by atoms with E-state index in [-0.39, 0.29) is 0 Å². The van der Waals surface area contributed by atoms with Crippen molar-refractivity contribution in [2.45, 2.75) is 25.2 Å². The summed E-state index contributed by atoms with van der Waals surface area (Å²) in [7, 11) is 1.58. The second kappa shape index (κ2) is 6.93. The molecule has 0 radical (unpaired) electrons. The number of hydrogen-bond donors (Lipinski definition) is 0. The summed E-state index contributed by atoms with van der Waals surface area (Å²) in [6, 6.07) is 9.91. The van der Waals surface area contributed by atoms with Crippen LogP contribution < -0.4 is 9.47 Å². The molecular formula is C18H18BrNO4. The molecule has 2 aromatic rings. The highest BCUT2D eigenvalue weighted by Crippen LogP contribution is 2.49. The molecule has 1 saturated heterocycles. The molecule has 2 atom stereocenters. The van der Waals surface area contributed by atoms with E-state index < -0.39 is 11.7 Å². The number of halogens is 1. The third kappa shape index (κ3) is 3.05. The summed E-state index contributed by atoms with van der Waals surface area (Å²) in [6.45, 7) is 6.08. The molecule has 3 rings (SSSR count). The van der Waals surface area contributed by atoms with Crippen LogP contribution in [0, 0.1) is 0 Å². The average molecular weight is 392 g/mol. The molecule has 6 heteroatoms. The molecule has 0 saturated carbocycles. The normalized spacial score (nSPS) is 22.5. The van der Waals surface area contributed by atoms with Gasteiger partial charge in [-0.25, -0.2) is 9.78 Å². The van der Waals surface area contributed by atoms with Crippen molar-refractivity contribution < 1.29 is 19.2 Å². The Hall–Kier alpha value is -1.89. The Bertz CT molecular complexity index is 737.